The van der Waals surface area contributed by atoms with Crippen LogP contribution in [-0.2, 0) is 4.74 Å². The normalized spacial score (nSPS) is 9.46. The lowest BCUT2D eigenvalue weighted by Crippen LogP contribution is -2.25. The molecule has 4 heteroatoms. The predicted octanol–water partition coefficient (Wildman–Crippen LogP) is 2.65. The Kier molecular flexibility index (Phi) is 3.31. The lowest BCUT2D eigenvalue weighted by Gasteiger charge is -2.15. The van der Waals surface area contributed by atoms with Gasteiger partial charge in [-0.25, -0.2) is 4.79 Å². The first kappa shape index (κ1) is 10.1. The van der Waals surface area contributed by atoms with Crippen LogP contribution in [0.4, 0.5) is 10.5 Å². The van der Waals surface area contributed by atoms with E-state index in [0.717, 1.165) is 10.2 Å². The Morgan fingerprint density at radius 2 is 1.92 bits per heavy atom. The van der Waals surface area contributed by atoms with Crippen molar-refractivity contribution in [1.82, 2.24) is 0 Å². The van der Waals surface area contributed by atoms with Gasteiger partial charge < -0.3 is 4.74 Å². The molecule has 0 bridgehead atoms. The summed E-state index contributed by atoms with van der Waals surface area (Å²) < 4.78 is 5.55. The van der Waals surface area contributed by atoms with Crippen molar-refractivity contribution in [3.05, 3.63) is 28.7 Å². The maximum Gasteiger partial charge on any atom is 0.413 e. The summed E-state index contributed by atoms with van der Waals surface area (Å²) >= 11 is 3.31. The van der Waals surface area contributed by atoms with Crippen LogP contribution in [0.5, 0.6) is 0 Å². The first-order valence-corrected chi connectivity index (χ1v) is 4.51. The van der Waals surface area contributed by atoms with Gasteiger partial charge in [-0.3, -0.25) is 4.90 Å². The minimum atomic E-state index is -0.373. The minimum absolute atomic E-state index is 0.373. The van der Waals surface area contributed by atoms with Gasteiger partial charge in [0.25, 0.3) is 0 Å². The van der Waals surface area contributed by atoms with Crippen LogP contribution in [-0.4, -0.2) is 20.3 Å². The van der Waals surface area contributed by atoms with Gasteiger partial charge in [0.2, 0.25) is 0 Å². The molecule has 0 fully saturated rings. The summed E-state index contributed by atoms with van der Waals surface area (Å²) in [5.41, 5.74) is 0.801. The molecular weight excluding hydrogens is 234 g/mol. The fraction of sp³-hybridized carbons (Fsp3) is 0.222. The molecule has 0 spiro atoms. The molecule has 1 aromatic rings. The number of ether oxygens (including phenoxy) is 1. The third-order valence-electron chi connectivity index (χ3n) is 1.66. The van der Waals surface area contributed by atoms with Crippen molar-refractivity contribution in [3.63, 3.8) is 0 Å². The molecule has 0 saturated carbocycles. The van der Waals surface area contributed by atoms with Gasteiger partial charge in [0.15, 0.2) is 0 Å². The molecule has 13 heavy (non-hydrogen) atoms. The van der Waals surface area contributed by atoms with Gasteiger partial charge in [0.05, 0.1) is 7.11 Å². The number of carbonyl (C=O) groups excluding carboxylic acids is 1. The molecule has 1 aromatic carbocycles. The van der Waals surface area contributed by atoms with Gasteiger partial charge in [-0.05, 0) is 24.3 Å². The van der Waals surface area contributed by atoms with E-state index in [9.17, 15) is 4.79 Å². The Balaban J connectivity index is 2.83. The Bertz CT molecular complexity index is 297. The van der Waals surface area contributed by atoms with E-state index in [0.29, 0.717) is 0 Å². The Morgan fingerprint density at radius 3 is 2.38 bits per heavy atom. The molecule has 0 saturated heterocycles. The summed E-state index contributed by atoms with van der Waals surface area (Å²) in [6.07, 6.45) is -0.373. The molecule has 3 nitrogen and oxygen atoms in total. The van der Waals surface area contributed by atoms with Crippen molar-refractivity contribution in [2.75, 3.05) is 19.1 Å². The molecule has 0 aliphatic heterocycles. The van der Waals surface area contributed by atoms with Crippen molar-refractivity contribution < 1.29 is 9.53 Å². The van der Waals surface area contributed by atoms with E-state index < -0.39 is 0 Å². The molecule has 0 N–H and O–H groups in total. The first-order valence-electron chi connectivity index (χ1n) is 3.72. The second-order valence-corrected chi connectivity index (χ2v) is 3.42. The number of methoxy groups -OCH3 is 1. The van der Waals surface area contributed by atoms with E-state index in [4.69, 9.17) is 0 Å². The molecule has 1 amide bonds. The summed E-state index contributed by atoms with van der Waals surface area (Å²) in [7, 11) is 3.02. The molecule has 70 valence electrons. The van der Waals surface area contributed by atoms with Crippen LogP contribution in [0.25, 0.3) is 0 Å². The maximum absolute atomic E-state index is 11.1. The second kappa shape index (κ2) is 4.28. The molecule has 0 aliphatic carbocycles. The van der Waals surface area contributed by atoms with E-state index in [2.05, 4.69) is 20.7 Å². The van der Waals surface area contributed by atoms with Crippen molar-refractivity contribution >= 4 is 27.7 Å². The van der Waals surface area contributed by atoms with E-state index in [1.165, 1.54) is 12.0 Å². The fourth-order valence-corrected chi connectivity index (χ4v) is 1.17. The zero-order valence-corrected chi connectivity index (χ0v) is 9.04. The number of hydrogen-bond acceptors (Lipinski definition) is 2. The third kappa shape index (κ3) is 2.45. The van der Waals surface area contributed by atoms with Crippen LogP contribution < -0.4 is 4.90 Å². The maximum atomic E-state index is 11.1. The third-order valence-corrected chi connectivity index (χ3v) is 2.19. The van der Waals surface area contributed by atoms with Crippen molar-refractivity contribution in [2.24, 2.45) is 0 Å². The predicted molar refractivity (Wildman–Crippen MR) is 55.0 cm³/mol. The van der Waals surface area contributed by atoms with E-state index in [-0.39, 0.29) is 6.09 Å². The highest BCUT2D eigenvalue weighted by molar-refractivity contribution is 9.10. The van der Waals surface area contributed by atoms with E-state index >= 15 is 0 Å². The zero-order chi connectivity index (χ0) is 9.84. The minimum Gasteiger partial charge on any atom is -0.452 e. The number of benzene rings is 1. The monoisotopic (exact) mass is 243 g/mol. The summed E-state index contributed by atoms with van der Waals surface area (Å²) in [4.78, 5) is 12.5. The first-order chi connectivity index (χ1) is 6.15. The lowest BCUT2D eigenvalue weighted by molar-refractivity contribution is 0.180. The van der Waals surface area contributed by atoms with Crippen LogP contribution in [0, 0.1) is 0 Å². The van der Waals surface area contributed by atoms with Gasteiger partial charge in [-0.15, -0.1) is 0 Å². The highest BCUT2D eigenvalue weighted by Crippen LogP contribution is 2.17. The molecule has 0 aliphatic rings. The molecule has 0 radical (unpaired) electrons. The van der Waals surface area contributed by atoms with Crippen LogP contribution in [0.2, 0.25) is 0 Å². The summed E-state index contributed by atoms with van der Waals surface area (Å²) in [6, 6.07) is 7.41. The summed E-state index contributed by atoms with van der Waals surface area (Å²) in [5, 5.41) is 0. The van der Waals surface area contributed by atoms with Crippen molar-refractivity contribution in [2.45, 2.75) is 0 Å². The van der Waals surface area contributed by atoms with Crippen LogP contribution in [0.15, 0.2) is 28.7 Å². The standard InChI is InChI=1S/C9H10BrNO2/c1-11(9(12)13-2)8-5-3-7(10)4-6-8/h3-6H,1-2H3. The molecule has 0 heterocycles. The molecule has 1 rings (SSSR count). The Morgan fingerprint density at radius 1 is 1.38 bits per heavy atom. The average Bonchev–Trinajstić information content (AvgIpc) is 2.17. The molecular formula is C9H10BrNO2. The van der Waals surface area contributed by atoms with Crippen LogP contribution >= 0.6 is 15.9 Å². The van der Waals surface area contributed by atoms with E-state index in [1.54, 1.807) is 7.05 Å². The van der Waals surface area contributed by atoms with Gasteiger partial charge >= 0.3 is 6.09 Å². The SMILES string of the molecule is COC(=O)N(C)c1ccc(Br)cc1. The number of amides is 1. The quantitative estimate of drug-likeness (QED) is 0.759. The van der Waals surface area contributed by atoms with Gasteiger partial charge in [0.1, 0.15) is 0 Å². The van der Waals surface area contributed by atoms with Gasteiger partial charge in [-0.1, -0.05) is 15.9 Å². The molecule has 0 aromatic heterocycles. The zero-order valence-electron chi connectivity index (χ0n) is 7.45. The van der Waals surface area contributed by atoms with Gasteiger partial charge in [0, 0.05) is 17.2 Å². The summed E-state index contributed by atoms with van der Waals surface area (Å²) in [5.74, 6) is 0. The van der Waals surface area contributed by atoms with Gasteiger partial charge in [-0.2, -0.15) is 0 Å². The molecule has 0 atom stereocenters. The average molecular weight is 244 g/mol. The number of anilines is 1. The molecule has 0 unspecified atom stereocenters. The smallest absolute Gasteiger partial charge is 0.413 e. The van der Waals surface area contributed by atoms with Crippen LogP contribution in [0.1, 0.15) is 0 Å². The number of nitrogens with zero attached hydrogens (tertiary/aromatic N) is 1. The highest BCUT2D eigenvalue weighted by atomic mass is 79.9. The largest absolute Gasteiger partial charge is 0.452 e. The highest BCUT2D eigenvalue weighted by Gasteiger charge is 2.09. The van der Waals surface area contributed by atoms with Crippen molar-refractivity contribution in [3.8, 4) is 0 Å². The fourth-order valence-electron chi connectivity index (χ4n) is 0.907. The summed E-state index contributed by atoms with van der Waals surface area (Å²) in [6.45, 7) is 0. The number of rotatable bonds is 1. The Hall–Kier alpha value is -1.03. The van der Waals surface area contributed by atoms with Crippen molar-refractivity contribution in [1.29, 1.82) is 0 Å². The second-order valence-electron chi connectivity index (χ2n) is 2.51. The van der Waals surface area contributed by atoms with E-state index in [1.807, 2.05) is 24.3 Å². The number of carbonyl (C=O) groups is 1. The number of halogens is 1. The lowest BCUT2D eigenvalue weighted by atomic mass is 10.3. The topological polar surface area (TPSA) is 29.5 Å². The van der Waals surface area contributed by atoms with Crippen LogP contribution in [0.3, 0.4) is 0 Å². The number of hydrogen-bond donors (Lipinski definition) is 0. The Labute approximate surface area is 85.4 Å².